The topological polar surface area (TPSA) is 62.3 Å². The third-order valence-electron chi connectivity index (χ3n) is 5.43. The maximum atomic E-state index is 12.6. The van der Waals surface area contributed by atoms with Crippen LogP contribution in [0.2, 0.25) is 0 Å². The van der Waals surface area contributed by atoms with Crippen LogP contribution in [0.3, 0.4) is 0 Å². The molecule has 1 saturated heterocycles. The van der Waals surface area contributed by atoms with E-state index in [9.17, 15) is 9.59 Å². The highest BCUT2D eigenvalue weighted by Gasteiger charge is 2.26. The molecule has 2 aromatic carbocycles. The van der Waals surface area contributed by atoms with Crippen LogP contribution in [0.15, 0.2) is 72.1 Å². The third-order valence-corrected chi connectivity index (χ3v) is 6.28. The summed E-state index contributed by atoms with van der Waals surface area (Å²) in [6.45, 7) is 1.65. The molecule has 0 radical (unpaired) electrons. The quantitative estimate of drug-likeness (QED) is 0.589. The molecule has 1 fully saturated rings. The van der Waals surface area contributed by atoms with Gasteiger partial charge in [-0.3, -0.25) is 9.59 Å². The Bertz CT molecular complexity index is 1040. The van der Waals surface area contributed by atoms with Gasteiger partial charge in [0.15, 0.2) is 0 Å². The second kappa shape index (κ2) is 10.2. The van der Waals surface area contributed by atoms with E-state index in [-0.39, 0.29) is 17.7 Å². The second-order valence-corrected chi connectivity index (χ2v) is 8.50. The molecule has 6 heteroatoms. The highest BCUT2D eigenvalue weighted by molar-refractivity contribution is 7.09. The van der Waals surface area contributed by atoms with Crippen molar-refractivity contribution >= 4 is 29.2 Å². The van der Waals surface area contributed by atoms with Gasteiger partial charge in [-0.1, -0.05) is 60.7 Å². The minimum Gasteiger partial charge on any atom is -0.349 e. The van der Waals surface area contributed by atoms with Crippen LogP contribution in [0.25, 0.3) is 17.3 Å². The summed E-state index contributed by atoms with van der Waals surface area (Å²) in [6.07, 6.45) is 4.81. The smallest absolute Gasteiger partial charge is 0.246 e. The first-order valence-electron chi connectivity index (χ1n) is 10.5. The molecule has 1 aliphatic heterocycles. The molecule has 4 rings (SSSR count). The predicted octanol–water partition coefficient (Wildman–Crippen LogP) is 4.38. The number of amides is 2. The van der Waals surface area contributed by atoms with E-state index >= 15 is 0 Å². The highest BCUT2D eigenvalue weighted by atomic mass is 32.1. The normalized spacial score (nSPS) is 14.6. The Labute approximate surface area is 186 Å². The van der Waals surface area contributed by atoms with Gasteiger partial charge < -0.3 is 10.2 Å². The Morgan fingerprint density at radius 1 is 1.03 bits per heavy atom. The zero-order chi connectivity index (χ0) is 21.5. The molecule has 0 atom stereocenters. The average Bonchev–Trinajstić information content (AvgIpc) is 3.31. The number of carbonyl (C=O) groups excluding carboxylic acids is 2. The Morgan fingerprint density at radius 3 is 2.42 bits per heavy atom. The van der Waals surface area contributed by atoms with E-state index in [2.05, 4.69) is 10.3 Å². The zero-order valence-corrected chi connectivity index (χ0v) is 18.1. The van der Waals surface area contributed by atoms with E-state index in [0.29, 0.717) is 32.5 Å². The largest absolute Gasteiger partial charge is 0.349 e. The summed E-state index contributed by atoms with van der Waals surface area (Å²) in [4.78, 5) is 31.4. The fourth-order valence-electron chi connectivity index (χ4n) is 3.64. The number of hydrogen-bond donors (Lipinski definition) is 1. The van der Waals surface area contributed by atoms with E-state index < -0.39 is 0 Å². The Kier molecular flexibility index (Phi) is 6.89. The maximum absolute atomic E-state index is 12.6. The molecule has 1 N–H and O–H groups in total. The zero-order valence-electron chi connectivity index (χ0n) is 17.2. The van der Waals surface area contributed by atoms with Gasteiger partial charge in [0, 0.05) is 36.0 Å². The second-order valence-electron chi connectivity index (χ2n) is 7.55. The van der Waals surface area contributed by atoms with Crippen LogP contribution in [-0.2, 0) is 16.1 Å². The summed E-state index contributed by atoms with van der Waals surface area (Å²) in [5.41, 5.74) is 3.02. The minimum atomic E-state index is -0.0595. The lowest BCUT2D eigenvalue weighted by atomic mass is 9.96. The van der Waals surface area contributed by atoms with Crippen LogP contribution >= 0.6 is 11.3 Å². The monoisotopic (exact) mass is 431 g/mol. The molecule has 1 aromatic heterocycles. The van der Waals surface area contributed by atoms with Crippen molar-refractivity contribution in [1.82, 2.24) is 15.2 Å². The molecule has 1 aliphatic rings. The van der Waals surface area contributed by atoms with Crippen molar-refractivity contribution in [3.8, 4) is 11.3 Å². The first-order valence-corrected chi connectivity index (χ1v) is 11.4. The summed E-state index contributed by atoms with van der Waals surface area (Å²) in [5, 5.41) is 5.93. The summed E-state index contributed by atoms with van der Waals surface area (Å²) in [5.74, 6) is -0.0157. The predicted molar refractivity (Wildman–Crippen MR) is 124 cm³/mol. The van der Waals surface area contributed by atoms with E-state index in [1.807, 2.05) is 77.0 Å². The molecule has 2 heterocycles. The summed E-state index contributed by atoms with van der Waals surface area (Å²) in [6, 6.07) is 19.8. The first kappa shape index (κ1) is 21.0. The number of thiazole rings is 1. The van der Waals surface area contributed by atoms with Gasteiger partial charge >= 0.3 is 0 Å². The average molecular weight is 432 g/mol. The summed E-state index contributed by atoms with van der Waals surface area (Å²) < 4.78 is 0. The van der Waals surface area contributed by atoms with Gasteiger partial charge in [-0.25, -0.2) is 4.98 Å². The van der Waals surface area contributed by atoms with Crippen molar-refractivity contribution in [2.24, 2.45) is 5.92 Å². The number of benzene rings is 2. The third kappa shape index (κ3) is 5.67. The molecular weight excluding hydrogens is 406 g/mol. The van der Waals surface area contributed by atoms with Crippen LogP contribution in [0, 0.1) is 5.92 Å². The van der Waals surface area contributed by atoms with E-state index in [4.69, 9.17) is 0 Å². The number of nitrogens with one attached hydrogen (secondary N) is 1. The van der Waals surface area contributed by atoms with Crippen LogP contribution in [-0.4, -0.2) is 34.8 Å². The van der Waals surface area contributed by atoms with E-state index in [1.165, 1.54) is 0 Å². The lowest BCUT2D eigenvalue weighted by Crippen LogP contribution is -2.42. The Hall–Kier alpha value is -3.25. The fraction of sp³-hybridized carbons (Fsp3) is 0.240. The molecule has 2 amide bonds. The van der Waals surface area contributed by atoms with Gasteiger partial charge in [-0.05, 0) is 24.5 Å². The van der Waals surface area contributed by atoms with Crippen LogP contribution < -0.4 is 5.32 Å². The number of carbonyl (C=O) groups is 2. The molecule has 0 aliphatic carbocycles. The van der Waals surface area contributed by atoms with E-state index in [0.717, 1.165) is 21.8 Å². The van der Waals surface area contributed by atoms with Crippen molar-refractivity contribution in [3.05, 3.63) is 82.7 Å². The maximum Gasteiger partial charge on any atom is 0.246 e. The summed E-state index contributed by atoms with van der Waals surface area (Å²) >= 11 is 1.55. The number of rotatable bonds is 6. The van der Waals surface area contributed by atoms with Crippen LogP contribution in [0.5, 0.6) is 0 Å². The van der Waals surface area contributed by atoms with E-state index in [1.54, 1.807) is 17.4 Å². The fourth-order valence-corrected chi connectivity index (χ4v) is 4.38. The van der Waals surface area contributed by atoms with Gasteiger partial charge in [0.05, 0.1) is 12.2 Å². The Morgan fingerprint density at radius 2 is 1.71 bits per heavy atom. The molecule has 0 saturated carbocycles. The molecule has 158 valence electrons. The number of hydrogen-bond acceptors (Lipinski definition) is 4. The molecule has 31 heavy (non-hydrogen) atoms. The molecule has 0 spiro atoms. The van der Waals surface area contributed by atoms with Gasteiger partial charge in [0.2, 0.25) is 11.8 Å². The van der Waals surface area contributed by atoms with Gasteiger partial charge in [-0.15, -0.1) is 11.3 Å². The van der Waals surface area contributed by atoms with Gasteiger partial charge in [0.25, 0.3) is 0 Å². The molecule has 0 bridgehead atoms. The van der Waals surface area contributed by atoms with Gasteiger partial charge in [-0.2, -0.15) is 0 Å². The van der Waals surface area contributed by atoms with Gasteiger partial charge in [0.1, 0.15) is 5.01 Å². The molecule has 0 unspecified atom stereocenters. The van der Waals surface area contributed by atoms with Crippen molar-refractivity contribution in [3.63, 3.8) is 0 Å². The van der Waals surface area contributed by atoms with Crippen LogP contribution in [0.4, 0.5) is 0 Å². The number of piperidine rings is 1. The number of nitrogens with zero attached hydrogens (tertiary/aromatic N) is 2. The number of likely N-dealkylation sites (tertiary alicyclic amines) is 1. The van der Waals surface area contributed by atoms with Crippen molar-refractivity contribution in [2.45, 2.75) is 19.4 Å². The SMILES string of the molecule is O=C(NCc1nc(-c2ccccc2)cs1)C1CCN(C(=O)/C=C/c2ccccc2)CC1. The van der Waals surface area contributed by atoms with Crippen LogP contribution in [0.1, 0.15) is 23.4 Å². The molecule has 5 nitrogen and oxygen atoms in total. The molecular formula is C25H25N3O2S. The van der Waals surface area contributed by atoms with Crippen molar-refractivity contribution in [2.75, 3.05) is 13.1 Å². The van der Waals surface area contributed by atoms with Crippen molar-refractivity contribution in [1.29, 1.82) is 0 Å². The highest BCUT2D eigenvalue weighted by Crippen LogP contribution is 2.22. The molecule has 3 aromatic rings. The standard InChI is InChI=1S/C25H25N3O2S/c29-24(12-11-19-7-3-1-4-8-19)28-15-13-21(14-16-28)25(30)26-17-23-27-22(18-31-23)20-9-5-2-6-10-20/h1-12,18,21H,13-17H2,(H,26,30)/b12-11+. The minimum absolute atomic E-state index is 0.000983. The lowest BCUT2D eigenvalue weighted by molar-refractivity contribution is -0.132. The summed E-state index contributed by atoms with van der Waals surface area (Å²) in [7, 11) is 0. The van der Waals surface area contributed by atoms with Crippen molar-refractivity contribution < 1.29 is 9.59 Å². The first-order chi connectivity index (χ1) is 15.2. The Balaban J connectivity index is 1.23. The lowest BCUT2D eigenvalue weighted by Gasteiger charge is -2.30. The number of aromatic nitrogens is 1.